The molecular formula is C22H23ClFN5O. The van der Waals surface area contributed by atoms with E-state index in [0.717, 1.165) is 18.4 Å². The number of carbonyl (C=O) groups excluding carboxylic acids is 1. The minimum absolute atomic E-state index is 0.0684. The second kappa shape index (κ2) is 6.85. The van der Waals surface area contributed by atoms with Gasteiger partial charge in [0.1, 0.15) is 11.6 Å². The number of nitrogen functional groups attached to an aromatic ring is 1. The SMILES string of the molecule is CN(C)C(=O)c1c(N)ccc(-c2cnc3c(c2Cl)[C@]2(CC[C@@](C)(C#N)C2)CN3)c1F. The van der Waals surface area contributed by atoms with Gasteiger partial charge in [0.15, 0.2) is 0 Å². The van der Waals surface area contributed by atoms with E-state index in [9.17, 15) is 10.1 Å². The van der Waals surface area contributed by atoms with Crippen LogP contribution in [0.5, 0.6) is 0 Å². The number of pyridine rings is 1. The smallest absolute Gasteiger partial charge is 0.258 e. The van der Waals surface area contributed by atoms with E-state index in [1.54, 1.807) is 14.1 Å². The van der Waals surface area contributed by atoms with Crippen LogP contribution >= 0.6 is 11.6 Å². The first-order chi connectivity index (χ1) is 14.1. The van der Waals surface area contributed by atoms with Crippen LogP contribution in [0.3, 0.4) is 0 Å². The summed E-state index contributed by atoms with van der Waals surface area (Å²) in [6.45, 7) is 2.61. The van der Waals surface area contributed by atoms with Crippen molar-refractivity contribution in [3.05, 3.63) is 40.3 Å². The van der Waals surface area contributed by atoms with E-state index in [0.29, 0.717) is 29.4 Å². The van der Waals surface area contributed by atoms with Gasteiger partial charge in [0.2, 0.25) is 0 Å². The van der Waals surface area contributed by atoms with Gasteiger partial charge in [-0.1, -0.05) is 11.6 Å². The van der Waals surface area contributed by atoms with Gasteiger partial charge in [-0.3, -0.25) is 4.79 Å². The summed E-state index contributed by atoms with van der Waals surface area (Å²) in [5, 5.41) is 13.3. The minimum Gasteiger partial charge on any atom is -0.398 e. The molecule has 2 atom stereocenters. The Morgan fingerprint density at radius 2 is 2.10 bits per heavy atom. The van der Waals surface area contributed by atoms with Gasteiger partial charge in [-0.05, 0) is 38.3 Å². The summed E-state index contributed by atoms with van der Waals surface area (Å²) in [6.07, 6.45) is 3.75. The number of hydrogen-bond donors (Lipinski definition) is 2. The Balaban J connectivity index is 1.87. The zero-order chi connectivity index (χ0) is 21.8. The lowest BCUT2D eigenvalue weighted by Gasteiger charge is -2.26. The minimum atomic E-state index is -0.717. The van der Waals surface area contributed by atoms with Crippen LogP contribution in [0.2, 0.25) is 5.02 Å². The van der Waals surface area contributed by atoms with Crippen molar-refractivity contribution in [2.24, 2.45) is 5.41 Å². The van der Waals surface area contributed by atoms with Crippen molar-refractivity contribution < 1.29 is 9.18 Å². The Kier molecular flexibility index (Phi) is 4.66. The fourth-order valence-corrected chi connectivity index (χ4v) is 5.22. The molecule has 1 aliphatic carbocycles. The topological polar surface area (TPSA) is 95.0 Å². The number of nitrogens with zero attached hydrogens (tertiary/aromatic N) is 3. The van der Waals surface area contributed by atoms with Crippen molar-refractivity contribution in [2.75, 3.05) is 31.7 Å². The summed E-state index contributed by atoms with van der Waals surface area (Å²) in [6, 6.07) is 5.46. The molecule has 0 bridgehead atoms. The number of nitriles is 1. The lowest BCUT2D eigenvalue weighted by molar-refractivity contribution is 0.0824. The van der Waals surface area contributed by atoms with Gasteiger partial charge in [-0.25, -0.2) is 9.37 Å². The van der Waals surface area contributed by atoms with Crippen molar-refractivity contribution in [1.82, 2.24) is 9.88 Å². The molecule has 156 valence electrons. The average molecular weight is 428 g/mol. The third-order valence-electron chi connectivity index (χ3n) is 6.38. The molecule has 8 heteroatoms. The summed E-state index contributed by atoms with van der Waals surface area (Å²) in [4.78, 5) is 18.2. The maximum absolute atomic E-state index is 15.4. The molecule has 1 fully saturated rings. The maximum Gasteiger partial charge on any atom is 0.258 e. The van der Waals surface area contributed by atoms with E-state index < -0.39 is 17.1 Å². The Morgan fingerprint density at radius 1 is 1.37 bits per heavy atom. The molecule has 0 saturated heterocycles. The molecule has 3 N–H and O–H groups in total. The second-order valence-corrected chi connectivity index (χ2v) is 9.16. The number of anilines is 2. The number of rotatable bonds is 2. The quantitative estimate of drug-likeness (QED) is 0.700. The van der Waals surface area contributed by atoms with Gasteiger partial charge in [0.05, 0.1) is 22.1 Å². The molecule has 30 heavy (non-hydrogen) atoms. The highest BCUT2D eigenvalue weighted by atomic mass is 35.5. The molecule has 1 saturated carbocycles. The van der Waals surface area contributed by atoms with Gasteiger partial charge < -0.3 is 16.0 Å². The highest BCUT2D eigenvalue weighted by Crippen LogP contribution is 2.57. The van der Waals surface area contributed by atoms with Crippen LogP contribution in [0, 0.1) is 22.6 Å². The molecule has 2 aromatic rings. The summed E-state index contributed by atoms with van der Waals surface area (Å²) in [7, 11) is 3.08. The maximum atomic E-state index is 15.4. The number of fused-ring (bicyclic) bond motifs is 2. The van der Waals surface area contributed by atoms with E-state index in [4.69, 9.17) is 17.3 Å². The molecule has 6 nitrogen and oxygen atoms in total. The van der Waals surface area contributed by atoms with Crippen molar-refractivity contribution >= 4 is 29.0 Å². The molecule has 1 aliphatic heterocycles. The summed E-state index contributed by atoms with van der Waals surface area (Å²) < 4.78 is 15.4. The van der Waals surface area contributed by atoms with E-state index in [1.165, 1.54) is 23.2 Å². The van der Waals surface area contributed by atoms with Gasteiger partial charge in [0, 0.05) is 54.6 Å². The zero-order valence-corrected chi connectivity index (χ0v) is 17.9. The van der Waals surface area contributed by atoms with E-state index in [2.05, 4.69) is 16.4 Å². The third-order valence-corrected chi connectivity index (χ3v) is 6.77. The van der Waals surface area contributed by atoms with Crippen LogP contribution in [-0.2, 0) is 5.41 Å². The molecular weight excluding hydrogens is 405 g/mol. The fraction of sp³-hybridized carbons (Fsp3) is 0.409. The van der Waals surface area contributed by atoms with Gasteiger partial charge in [-0.15, -0.1) is 0 Å². The lowest BCUT2D eigenvalue weighted by atomic mass is 9.77. The standard InChI is InChI=1S/C22H23ClFN5O/c1-21(10-25)6-7-22(9-21)11-28-19-16(22)17(23)13(8-27-19)12-4-5-14(26)15(18(12)24)20(30)29(2)3/h4-5,8H,6-7,9,11,26H2,1-3H3,(H,27,28)/t21-,22+/m1/s1. The molecule has 0 unspecified atom stereocenters. The third kappa shape index (κ3) is 2.90. The Bertz CT molecular complexity index is 1110. The molecule has 1 spiro atoms. The molecule has 1 amide bonds. The van der Waals surface area contributed by atoms with Crippen LogP contribution in [0.1, 0.15) is 42.1 Å². The van der Waals surface area contributed by atoms with Gasteiger partial charge >= 0.3 is 0 Å². The van der Waals surface area contributed by atoms with E-state index >= 15 is 4.39 Å². The Morgan fingerprint density at radius 3 is 2.73 bits per heavy atom. The van der Waals surface area contributed by atoms with Crippen LogP contribution < -0.4 is 11.1 Å². The molecule has 0 radical (unpaired) electrons. The zero-order valence-electron chi connectivity index (χ0n) is 17.1. The van der Waals surface area contributed by atoms with Crippen LogP contribution in [0.25, 0.3) is 11.1 Å². The lowest BCUT2D eigenvalue weighted by Crippen LogP contribution is -2.27. The van der Waals surface area contributed by atoms with Crippen molar-refractivity contribution in [3.63, 3.8) is 0 Å². The molecule has 1 aromatic carbocycles. The number of nitrogens with two attached hydrogens (primary N) is 1. The number of aromatic nitrogens is 1. The summed E-state index contributed by atoms with van der Waals surface area (Å²) in [5.41, 5.74) is 6.46. The molecule has 2 aliphatic rings. The fourth-order valence-electron chi connectivity index (χ4n) is 4.77. The Labute approximate surface area is 179 Å². The number of nitrogens with one attached hydrogen (secondary N) is 1. The number of benzene rings is 1. The number of halogens is 2. The van der Waals surface area contributed by atoms with Crippen molar-refractivity contribution in [2.45, 2.75) is 31.6 Å². The molecule has 4 rings (SSSR count). The average Bonchev–Trinajstić information content (AvgIpc) is 3.24. The first-order valence-electron chi connectivity index (χ1n) is 9.76. The molecule has 2 heterocycles. The monoisotopic (exact) mass is 427 g/mol. The predicted molar refractivity (Wildman–Crippen MR) is 115 cm³/mol. The highest BCUT2D eigenvalue weighted by molar-refractivity contribution is 6.34. The van der Waals surface area contributed by atoms with E-state index in [-0.39, 0.29) is 22.2 Å². The number of hydrogen-bond acceptors (Lipinski definition) is 5. The second-order valence-electron chi connectivity index (χ2n) is 8.78. The number of carbonyl (C=O) groups is 1. The van der Waals surface area contributed by atoms with Crippen molar-refractivity contribution in [1.29, 1.82) is 5.26 Å². The van der Waals surface area contributed by atoms with Crippen LogP contribution in [0.15, 0.2) is 18.3 Å². The first kappa shape index (κ1) is 20.4. The predicted octanol–water partition coefficient (Wildman–Crippen LogP) is 4.20. The normalized spacial score (nSPS) is 24.4. The van der Waals surface area contributed by atoms with Crippen LogP contribution in [0.4, 0.5) is 15.9 Å². The Hall–Kier alpha value is -2.85. The highest BCUT2D eigenvalue weighted by Gasteiger charge is 2.52. The van der Waals surface area contributed by atoms with Gasteiger partial charge in [-0.2, -0.15) is 5.26 Å². The van der Waals surface area contributed by atoms with Crippen LogP contribution in [-0.4, -0.2) is 36.4 Å². The van der Waals surface area contributed by atoms with Gasteiger partial charge in [0.25, 0.3) is 5.91 Å². The summed E-state index contributed by atoms with van der Waals surface area (Å²) >= 11 is 6.84. The van der Waals surface area contributed by atoms with E-state index in [1.807, 2.05) is 6.92 Å². The first-order valence-corrected chi connectivity index (χ1v) is 10.1. The summed E-state index contributed by atoms with van der Waals surface area (Å²) in [5.74, 6) is -0.562. The molecule has 1 aromatic heterocycles. The van der Waals surface area contributed by atoms with Crippen molar-refractivity contribution in [3.8, 4) is 17.2 Å². The number of amides is 1. The largest absolute Gasteiger partial charge is 0.398 e.